The summed E-state index contributed by atoms with van der Waals surface area (Å²) < 4.78 is 13.3. The van der Waals surface area contributed by atoms with Crippen molar-refractivity contribution in [1.29, 1.82) is 0 Å². The maximum absolute atomic E-state index is 13.3. The van der Waals surface area contributed by atoms with Gasteiger partial charge in [0.15, 0.2) is 0 Å². The van der Waals surface area contributed by atoms with E-state index in [1.165, 1.54) is 12.1 Å². The van der Waals surface area contributed by atoms with Crippen molar-refractivity contribution in [1.82, 2.24) is 0 Å². The van der Waals surface area contributed by atoms with Crippen LogP contribution in [0.25, 0.3) is 0 Å². The number of carbonyl (C=O) groups excluding carboxylic acids is 1. The number of nitrogens with one attached hydrogen (secondary N) is 1. The molecule has 4 heteroatoms. The van der Waals surface area contributed by atoms with Gasteiger partial charge in [-0.1, -0.05) is 20.8 Å². The highest BCUT2D eigenvalue weighted by atomic mass is 19.1. The molecule has 3 nitrogen and oxygen atoms in total. The molecule has 0 aliphatic rings. The summed E-state index contributed by atoms with van der Waals surface area (Å²) in [7, 11) is 0. The van der Waals surface area contributed by atoms with E-state index in [1.54, 1.807) is 6.07 Å². The third kappa shape index (κ3) is 3.88. The van der Waals surface area contributed by atoms with Crippen molar-refractivity contribution in [3.63, 3.8) is 0 Å². The minimum absolute atomic E-state index is 0.117. The van der Waals surface area contributed by atoms with Crippen molar-refractivity contribution in [2.75, 3.05) is 11.1 Å². The number of rotatable bonds is 2. The summed E-state index contributed by atoms with van der Waals surface area (Å²) in [6.45, 7) is 5.85. The number of halogens is 1. The van der Waals surface area contributed by atoms with Crippen LogP contribution in [0, 0.1) is 11.2 Å². The van der Waals surface area contributed by atoms with Gasteiger partial charge in [-0.2, -0.15) is 0 Å². The Balaban J connectivity index is 2.70. The summed E-state index contributed by atoms with van der Waals surface area (Å²) in [5.41, 5.74) is 5.80. The Hall–Kier alpha value is -1.58. The lowest BCUT2D eigenvalue weighted by Crippen LogP contribution is -2.20. The first-order chi connectivity index (χ1) is 7.28. The minimum atomic E-state index is -0.512. The lowest BCUT2D eigenvalue weighted by atomic mass is 9.92. The highest BCUT2D eigenvalue weighted by Gasteiger charge is 2.16. The summed E-state index contributed by atoms with van der Waals surface area (Å²) in [6.07, 6.45) is 0.344. The molecule has 1 rings (SSSR count). The first-order valence-electron chi connectivity index (χ1n) is 5.13. The van der Waals surface area contributed by atoms with Gasteiger partial charge in [0.2, 0.25) is 5.91 Å². The van der Waals surface area contributed by atoms with Crippen LogP contribution >= 0.6 is 0 Å². The van der Waals surface area contributed by atoms with E-state index in [9.17, 15) is 9.18 Å². The topological polar surface area (TPSA) is 55.1 Å². The number of benzene rings is 1. The molecule has 1 amide bonds. The average molecular weight is 224 g/mol. The Morgan fingerprint density at radius 1 is 1.44 bits per heavy atom. The maximum Gasteiger partial charge on any atom is 0.224 e. The number of carbonyl (C=O) groups is 1. The van der Waals surface area contributed by atoms with E-state index < -0.39 is 5.82 Å². The van der Waals surface area contributed by atoms with Gasteiger partial charge in [0.05, 0.1) is 5.69 Å². The van der Waals surface area contributed by atoms with Crippen LogP contribution in [-0.4, -0.2) is 5.91 Å². The SMILES string of the molecule is CC(C)(C)CC(=O)Nc1ccc(N)cc1F. The Labute approximate surface area is 94.8 Å². The quantitative estimate of drug-likeness (QED) is 0.759. The van der Waals surface area contributed by atoms with Crippen LogP contribution in [0.3, 0.4) is 0 Å². The second kappa shape index (κ2) is 4.51. The van der Waals surface area contributed by atoms with Gasteiger partial charge in [0, 0.05) is 12.1 Å². The lowest BCUT2D eigenvalue weighted by Gasteiger charge is -2.17. The molecule has 0 saturated heterocycles. The molecule has 0 aliphatic heterocycles. The van der Waals surface area contributed by atoms with Gasteiger partial charge in [-0.15, -0.1) is 0 Å². The zero-order valence-corrected chi connectivity index (χ0v) is 9.80. The van der Waals surface area contributed by atoms with Crippen LogP contribution < -0.4 is 11.1 Å². The van der Waals surface area contributed by atoms with Crippen molar-refractivity contribution >= 4 is 17.3 Å². The molecule has 0 spiro atoms. The minimum Gasteiger partial charge on any atom is -0.399 e. The van der Waals surface area contributed by atoms with Gasteiger partial charge in [0.25, 0.3) is 0 Å². The second-order valence-electron chi connectivity index (χ2n) is 5.02. The average Bonchev–Trinajstić information content (AvgIpc) is 2.06. The summed E-state index contributed by atoms with van der Waals surface area (Å²) in [5.74, 6) is -0.710. The molecule has 0 radical (unpaired) electrons. The number of anilines is 2. The number of hydrogen-bond donors (Lipinski definition) is 2. The van der Waals surface area contributed by atoms with Gasteiger partial charge in [0.1, 0.15) is 5.82 Å². The lowest BCUT2D eigenvalue weighted by molar-refractivity contribution is -0.117. The third-order valence-corrected chi connectivity index (χ3v) is 1.96. The van der Waals surface area contributed by atoms with Crippen LogP contribution in [-0.2, 0) is 4.79 Å². The molecular weight excluding hydrogens is 207 g/mol. The Morgan fingerprint density at radius 3 is 2.56 bits per heavy atom. The molecule has 0 atom stereocenters. The highest BCUT2D eigenvalue weighted by molar-refractivity contribution is 5.91. The van der Waals surface area contributed by atoms with E-state index >= 15 is 0 Å². The van der Waals surface area contributed by atoms with E-state index in [0.717, 1.165) is 0 Å². The van der Waals surface area contributed by atoms with Crippen molar-refractivity contribution in [3.05, 3.63) is 24.0 Å². The monoisotopic (exact) mass is 224 g/mol. The summed E-state index contributed by atoms with van der Waals surface area (Å²) >= 11 is 0. The molecule has 0 aliphatic carbocycles. The van der Waals surface area contributed by atoms with Gasteiger partial charge < -0.3 is 11.1 Å². The Kier molecular flexibility index (Phi) is 3.52. The van der Waals surface area contributed by atoms with Crippen LogP contribution in [0.1, 0.15) is 27.2 Å². The van der Waals surface area contributed by atoms with Gasteiger partial charge >= 0.3 is 0 Å². The first kappa shape index (κ1) is 12.5. The maximum atomic E-state index is 13.3. The fraction of sp³-hybridized carbons (Fsp3) is 0.417. The predicted molar refractivity (Wildman–Crippen MR) is 63.5 cm³/mol. The molecule has 0 unspecified atom stereocenters. The molecule has 1 aromatic carbocycles. The van der Waals surface area contributed by atoms with Crippen molar-refractivity contribution in [3.8, 4) is 0 Å². The third-order valence-electron chi connectivity index (χ3n) is 1.96. The van der Waals surface area contributed by atoms with Crippen LogP contribution in [0.15, 0.2) is 18.2 Å². The molecule has 3 N–H and O–H groups in total. The van der Waals surface area contributed by atoms with Crippen LogP contribution in [0.4, 0.5) is 15.8 Å². The normalized spacial score (nSPS) is 11.2. The molecule has 88 valence electrons. The van der Waals surface area contributed by atoms with Gasteiger partial charge in [-0.05, 0) is 23.6 Å². The van der Waals surface area contributed by atoms with Crippen molar-refractivity contribution in [2.24, 2.45) is 5.41 Å². The predicted octanol–water partition coefficient (Wildman–Crippen LogP) is 2.78. The molecule has 0 bridgehead atoms. The van der Waals surface area contributed by atoms with Crippen LogP contribution in [0.2, 0.25) is 0 Å². The molecule has 0 saturated carbocycles. The smallest absolute Gasteiger partial charge is 0.224 e. The standard InChI is InChI=1S/C12H17FN2O/c1-12(2,3)7-11(16)15-10-5-4-8(14)6-9(10)13/h4-6H,7,14H2,1-3H3,(H,15,16). The van der Waals surface area contributed by atoms with E-state index in [2.05, 4.69) is 5.32 Å². The molecule has 1 aromatic rings. The molecular formula is C12H17FN2O. The van der Waals surface area contributed by atoms with E-state index in [-0.39, 0.29) is 17.0 Å². The molecule has 16 heavy (non-hydrogen) atoms. The summed E-state index contributed by atoms with van der Waals surface area (Å²) in [6, 6.07) is 4.20. The van der Waals surface area contributed by atoms with E-state index in [1.807, 2.05) is 20.8 Å². The number of nitrogens with two attached hydrogens (primary N) is 1. The summed E-state index contributed by atoms with van der Waals surface area (Å²) in [5, 5.41) is 2.52. The largest absolute Gasteiger partial charge is 0.399 e. The van der Waals surface area contributed by atoms with Gasteiger partial charge in [-0.25, -0.2) is 4.39 Å². The highest BCUT2D eigenvalue weighted by Crippen LogP contribution is 2.21. The molecule has 0 fully saturated rings. The first-order valence-corrected chi connectivity index (χ1v) is 5.13. The zero-order chi connectivity index (χ0) is 12.3. The number of hydrogen-bond acceptors (Lipinski definition) is 2. The second-order valence-corrected chi connectivity index (χ2v) is 5.02. The summed E-state index contributed by atoms with van der Waals surface area (Å²) in [4.78, 5) is 11.6. The van der Waals surface area contributed by atoms with Gasteiger partial charge in [-0.3, -0.25) is 4.79 Å². The van der Waals surface area contributed by atoms with Crippen molar-refractivity contribution in [2.45, 2.75) is 27.2 Å². The number of amides is 1. The zero-order valence-electron chi connectivity index (χ0n) is 9.80. The Bertz CT molecular complexity index is 396. The number of nitrogen functional groups attached to an aromatic ring is 1. The van der Waals surface area contributed by atoms with Crippen molar-refractivity contribution < 1.29 is 9.18 Å². The van der Waals surface area contributed by atoms with Crippen LogP contribution in [0.5, 0.6) is 0 Å². The van der Waals surface area contributed by atoms with E-state index in [4.69, 9.17) is 5.73 Å². The fourth-order valence-electron chi connectivity index (χ4n) is 1.31. The Morgan fingerprint density at radius 2 is 2.06 bits per heavy atom. The molecule has 0 aromatic heterocycles. The fourth-order valence-corrected chi connectivity index (χ4v) is 1.31. The molecule has 0 heterocycles. The van der Waals surface area contributed by atoms with E-state index in [0.29, 0.717) is 12.1 Å².